The number of carboxylic acid groups (broad SMARTS) is 1. The lowest BCUT2D eigenvalue weighted by atomic mass is 9.68. The highest BCUT2D eigenvalue weighted by atomic mass is 16.5. The molecule has 172 valence electrons. The van der Waals surface area contributed by atoms with Crippen LogP contribution in [0.2, 0.25) is 0 Å². The van der Waals surface area contributed by atoms with Gasteiger partial charge in [0, 0.05) is 24.4 Å². The number of ether oxygens (including phenoxy) is 1. The molecule has 2 aromatic rings. The molecular weight excluding hydrogens is 420 g/mol. The van der Waals surface area contributed by atoms with Gasteiger partial charge < -0.3 is 20.5 Å². The van der Waals surface area contributed by atoms with E-state index in [1.54, 1.807) is 0 Å². The third-order valence-electron chi connectivity index (χ3n) is 7.54. The molecule has 0 heterocycles. The van der Waals surface area contributed by atoms with Crippen molar-refractivity contribution in [2.75, 3.05) is 13.2 Å². The molecule has 7 nitrogen and oxygen atoms in total. The second-order valence-electron chi connectivity index (χ2n) is 9.49. The molecule has 0 radical (unpaired) electrons. The lowest BCUT2D eigenvalue weighted by molar-refractivity contribution is -0.154. The maximum Gasteiger partial charge on any atom is 0.407 e. The van der Waals surface area contributed by atoms with Gasteiger partial charge in [-0.15, -0.1) is 0 Å². The highest BCUT2D eigenvalue weighted by Crippen LogP contribution is 2.44. The number of aliphatic carboxylic acids is 1. The van der Waals surface area contributed by atoms with Crippen molar-refractivity contribution in [3.8, 4) is 11.1 Å². The second kappa shape index (κ2) is 8.54. The average Bonchev–Trinajstić information content (AvgIpc) is 3.07. The van der Waals surface area contributed by atoms with Crippen LogP contribution >= 0.6 is 0 Å². The molecule has 3 N–H and O–H groups in total. The second-order valence-corrected chi connectivity index (χ2v) is 9.49. The van der Waals surface area contributed by atoms with Gasteiger partial charge >= 0.3 is 12.1 Å². The van der Waals surface area contributed by atoms with Gasteiger partial charge in [-0.2, -0.15) is 0 Å². The molecule has 0 spiro atoms. The van der Waals surface area contributed by atoms with Gasteiger partial charge in [0.15, 0.2) is 0 Å². The molecule has 0 aliphatic heterocycles. The minimum atomic E-state index is -0.836. The van der Waals surface area contributed by atoms with E-state index in [0.717, 1.165) is 17.5 Å². The normalized spacial score (nSPS) is 22.2. The number of carbonyl (C=O) groups excluding carboxylic acids is 2. The van der Waals surface area contributed by atoms with Crippen LogP contribution in [0, 0.1) is 11.3 Å². The minimum absolute atomic E-state index is 0.0103. The molecule has 2 fully saturated rings. The van der Waals surface area contributed by atoms with Crippen molar-refractivity contribution in [1.82, 2.24) is 10.6 Å². The topological polar surface area (TPSA) is 105 Å². The molecule has 33 heavy (non-hydrogen) atoms. The number of hydrogen-bond acceptors (Lipinski definition) is 4. The Kier molecular flexibility index (Phi) is 5.56. The van der Waals surface area contributed by atoms with Crippen molar-refractivity contribution < 1.29 is 24.2 Å². The minimum Gasteiger partial charge on any atom is -0.481 e. The molecule has 0 unspecified atom stereocenters. The van der Waals surface area contributed by atoms with E-state index in [1.165, 1.54) is 11.1 Å². The summed E-state index contributed by atoms with van der Waals surface area (Å²) in [5.41, 5.74) is 3.90. The van der Waals surface area contributed by atoms with Crippen molar-refractivity contribution in [2.24, 2.45) is 11.3 Å². The molecule has 0 saturated heterocycles. The Hall–Kier alpha value is -3.35. The summed E-state index contributed by atoms with van der Waals surface area (Å²) in [5.74, 6) is -1.16. The Morgan fingerprint density at radius 1 is 0.970 bits per heavy atom. The van der Waals surface area contributed by atoms with Gasteiger partial charge in [-0.3, -0.25) is 9.59 Å². The van der Waals surface area contributed by atoms with Crippen molar-refractivity contribution in [2.45, 2.75) is 44.1 Å². The molecule has 3 aliphatic rings. The van der Waals surface area contributed by atoms with Crippen LogP contribution < -0.4 is 10.6 Å². The van der Waals surface area contributed by atoms with Crippen LogP contribution in [0.4, 0.5) is 4.79 Å². The molecular formula is C26H28N2O5. The largest absolute Gasteiger partial charge is 0.481 e. The first kappa shape index (κ1) is 21.5. The maximum atomic E-state index is 12.4. The predicted molar refractivity (Wildman–Crippen MR) is 122 cm³/mol. The average molecular weight is 449 g/mol. The monoisotopic (exact) mass is 448 g/mol. The summed E-state index contributed by atoms with van der Waals surface area (Å²) in [5, 5.41) is 15.0. The van der Waals surface area contributed by atoms with Gasteiger partial charge in [0.2, 0.25) is 5.91 Å². The molecule has 7 heteroatoms. The summed E-state index contributed by atoms with van der Waals surface area (Å²) in [6.07, 6.45) is 2.71. The SMILES string of the molecule is O=C(NC1CC(C(=O)NCC2(C(=O)O)CCC2)C1)OCC1c2ccccc2-c2ccccc21. The van der Waals surface area contributed by atoms with Crippen LogP contribution in [0.25, 0.3) is 11.1 Å². The number of hydrogen-bond donors (Lipinski definition) is 3. The fourth-order valence-corrected chi connectivity index (χ4v) is 5.23. The third-order valence-corrected chi connectivity index (χ3v) is 7.54. The van der Waals surface area contributed by atoms with Gasteiger partial charge in [0.1, 0.15) is 6.61 Å². The molecule has 0 atom stereocenters. The molecule has 5 rings (SSSR count). The summed E-state index contributed by atoms with van der Waals surface area (Å²) >= 11 is 0. The van der Waals surface area contributed by atoms with Crippen molar-refractivity contribution in [1.29, 1.82) is 0 Å². The fraction of sp³-hybridized carbons (Fsp3) is 0.423. The number of rotatable bonds is 7. The number of amides is 2. The predicted octanol–water partition coefficient (Wildman–Crippen LogP) is 3.67. The van der Waals surface area contributed by atoms with E-state index in [4.69, 9.17) is 4.74 Å². The van der Waals surface area contributed by atoms with Gasteiger partial charge in [-0.05, 0) is 47.9 Å². The van der Waals surface area contributed by atoms with E-state index in [-0.39, 0.29) is 36.9 Å². The van der Waals surface area contributed by atoms with E-state index in [1.807, 2.05) is 24.3 Å². The van der Waals surface area contributed by atoms with Crippen LogP contribution in [0.3, 0.4) is 0 Å². The molecule has 2 amide bonds. The van der Waals surface area contributed by atoms with E-state index in [0.29, 0.717) is 25.7 Å². The quantitative estimate of drug-likeness (QED) is 0.599. The van der Waals surface area contributed by atoms with Crippen LogP contribution in [-0.4, -0.2) is 42.3 Å². The maximum absolute atomic E-state index is 12.4. The van der Waals surface area contributed by atoms with Gasteiger partial charge in [-0.1, -0.05) is 55.0 Å². The zero-order chi connectivity index (χ0) is 23.0. The zero-order valence-electron chi connectivity index (χ0n) is 18.4. The van der Waals surface area contributed by atoms with Crippen LogP contribution in [-0.2, 0) is 14.3 Å². The van der Waals surface area contributed by atoms with E-state index in [9.17, 15) is 19.5 Å². The molecule has 0 bridgehead atoms. The van der Waals surface area contributed by atoms with E-state index in [2.05, 4.69) is 34.9 Å². The van der Waals surface area contributed by atoms with Crippen LogP contribution in [0.5, 0.6) is 0 Å². The smallest absolute Gasteiger partial charge is 0.407 e. The first-order chi connectivity index (χ1) is 16.0. The number of fused-ring (bicyclic) bond motifs is 3. The summed E-state index contributed by atoms with van der Waals surface area (Å²) < 4.78 is 5.57. The van der Waals surface area contributed by atoms with Gasteiger partial charge in [-0.25, -0.2) is 4.79 Å². The fourth-order valence-electron chi connectivity index (χ4n) is 5.23. The van der Waals surface area contributed by atoms with Gasteiger partial charge in [0.05, 0.1) is 5.41 Å². The van der Waals surface area contributed by atoms with Gasteiger partial charge in [0.25, 0.3) is 0 Å². The lowest BCUT2D eigenvalue weighted by Crippen LogP contribution is -2.53. The van der Waals surface area contributed by atoms with Crippen molar-refractivity contribution in [3.05, 3.63) is 59.7 Å². The van der Waals surface area contributed by atoms with Crippen molar-refractivity contribution >= 4 is 18.0 Å². The highest BCUT2D eigenvalue weighted by molar-refractivity contribution is 5.82. The first-order valence-electron chi connectivity index (χ1n) is 11.6. The number of carbonyl (C=O) groups is 3. The lowest BCUT2D eigenvalue weighted by Gasteiger charge is -2.39. The number of carboxylic acids is 1. The summed E-state index contributed by atoms with van der Waals surface area (Å²) in [7, 11) is 0. The molecule has 0 aromatic heterocycles. The number of alkyl carbamates (subject to hydrolysis) is 1. The Bertz CT molecular complexity index is 1040. The highest BCUT2D eigenvalue weighted by Gasteiger charge is 2.45. The van der Waals surface area contributed by atoms with Crippen LogP contribution in [0.15, 0.2) is 48.5 Å². The molecule has 2 saturated carbocycles. The Labute approximate surface area is 192 Å². The third kappa shape index (κ3) is 3.96. The Balaban J connectivity index is 1.08. The van der Waals surface area contributed by atoms with E-state index >= 15 is 0 Å². The Morgan fingerprint density at radius 2 is 1.58 bits per heavy atom. The molecule has 3 aliphatic carbocycles. The Morgan fingerprint density at radius 3 is 2.12 bits per heavy atom. The van der Waals surface area contributed by atoms with E-state index < -0.39 is 17.5 Å². The number of nitrogens with one attached hydrogen (secondary N) is 2. The summed E-state index contributed by atoms with van der Waals surface area (Å²) in [6.45, 7) is 0.440. The van der Waals surface area contributed by atoms with Crippen molar-refractivity contribution in [3.63, 3.8) is 0 Å². The number of benzene rings is 2. The summed E-state index contributed by atoms with van der Waals surface area (Å²) in [6, 6.07) is 16.3. The van der Waals surface area contributed by atoms with Crippen LogP contribution in [0.1, 0.15) is 49.1 Å². The standard InChI is InChI=1S/C26H28N2O5/c29-23(27-15-26(24(30)31)10-5-11-26)16-12-17(13-16)28-25(32)33-14-22-20-8-3-1-6-18(20)19-7-2-4-9-21(19)22/h1-4,6-9,16-17,22H,5,10-15H2,(H,27,29)(H,28,32)(H,30,31). The molecule has 2 aromatic carbocycles. The zero-order valence-corrected chi connectivity index (χ0v) is 18.4. The first-order valence-corrected chi connectivity index (χ1v) is 11.6. The summed E-state index contributed by atoms with van der Waals surface area (Å²) in [4.78, 5) is 36.2.